The molecule has 1 aliphatic rings. The molecule has 7 heteroatoms. The van der Waals surface area contributed by atoms with E-state index in [1.165, 1.54) is 12.7 Å². The van der Waals surface area contributed by atoms with E-state index >= 15 is 0 Å². The van der Waals surface area contributed by atoms with Crippen molar-refractivity contribution in [1.29, 1.82) is 0 Å². The minimum atomic E-state index is -0.334. The second-order valence-electron chi connectivity index (χ2n) is 8.86. The SMILES string of the molecule is COC(=O)c1ccc(-c2cccc(CN3CCN(c4ncccc4C(=O)OC(C)C)CC3)c2)cc1. The van der Waals surface area contributed by atoms with E-state index in [0.29, 0.717) is 16.9 Å². The zero-order chi connectivity index (χ0) is 24.8. The molecule has 0 unspecified atom stereocenters. The van der Waals surface area contributed by atoms with Gasteiger partial charge >= 0.3 is 11.9 Å². The number of carbonyl (C=O) groups is 2. The van der Waals surface area contributed by atoms with E-state index in [1.807, 2.05) is 26.0 Å². The number of hydrogen-bond donors (Lipinski definition) is 0. The van der Waals surface area contributed by atoms with Gasteiger partial charge in [0.25, 0.3) is 0 Å². The van der Waals surface area contributed by atoms with Crippen LogP contribution >= 0.6 is 0 Å². The van der Waals surface area contributed by atoms with E-state index < -0.39 is 0 Å². The van der Waals surface area contributed by atoms with Gasteiger partial charge in [0.15, 0.2) is 0 Å². The van der Waals surface area contributed by atoms with Gasteiger partial charge in [-0.15, -0.1) is 0 Å². The summed E-state index contributed by atoms with van der Waals surface area (Å²) in [6.07, 6.45) is 1.55. The summed E-state index contributed by atoms with van der Waals surface area (Å²) in [5.41, 5.74) is 4.45. The van der Waals surface area contributed by atoms with Gasteiger partial charge in [0.05, 0.1) is 18.8 Å². The van der Waals surface area contributed by atoms with Crippen LogP contribution in [0.3, 0.4) is 0 Å². The largest absolute Gasteiger partial charge is 0.465 e. The number of pyridine rings is 1. The molecular weight excluding hydrogens is 442 g/mol. The Kier molecular flexibility index (Phi) is 7.77. The first-order chi connectivity index (χ1) is 16.9. The third-order valence-corrected chi connectivity index (χ3v) is 5.99. The zero-order valence-electron chi connectivity index (χ0n) is 20.4. The van der Waals surface area contributed by atoms with Crippen molar-refractivity contribution in [3.05, 3.63) is 83.6 Å². The van der Waals surface area contributed by atoms with Crippen LogP contribution in [0.4, 0.5) is 5.82 Å². The molecule has 0 spiro atoms. The van der Waals surface area contributed by atoms with Crippen LogP contribution in [0, 0.1) is 0 Å². The molecule has 35 heavy (non-hydrogen) atoms. The lowest BCUT2D eigenvalue weighted by atomic mass is 10.0. The Morgan fingerprint density at radius 1 is 0.914 bits per heavy atom. The fraction of sp³-hybridized carbons (Fsp3) is 0.321. The van der Waals surface area contributed by atoms with Crippen LogP contribution in [0.1, 0.15) is 40.1 Å². The molecule has 2 aromatic carbocycles. The highest BCUT2D eigenvalue weighted by Gasteiger charge is 2.23. The molecule has 0 saturated carbocycles. The average molecular weight is 474 g/mol. The van der Waals surface area contributed by atoms with Crippen molar-refractivity contribution in [2.75, 3.05) is 38.2 Å². The fourth-order valence-electron chi connectivity index (χ4n) is 4.23. The molecule has 1 saturated heterocycles. The Hall–Kier alpha value is -3.71. The number of nitrogens with zero attached hydrogens (tertiary/aromatic N) is 3. The molecule has 0 N–H and O–H groups in total. The highest BCUT2D eigenvalue weighted by Crippen LogP contribution is 2.24. The van der Waals surface area contributed by atoms with E-state index in [9.17, 15) is 9.59 Å². The molecule has 0 atom stereocenters. The summed E-state index contributed by atoms with van der Waals surface area (Å²) in [6.45, 7) is 7.84. The minimum Gasteiger partial charge on any atom is -0.465 e. The molecule has 0 bridgehead atoms. The molecule has 1 fully saturated rings. The molecule has 1 aromatic heterocycles. The van der Waals surface area contributed by atoms with Crippen molar-refractivity contribution in [3.63, 3.8) is 0 Å². The first-order valence-electron chi connectivity index (χ1n) is 11.9. The van der Waals surface area contributed by atoms with Gasteiger partial charge in [-0.1, -0.05) is 30.3 Å². The van der Waals surface area contributed by atoms with Crippen LogP contribution in [-0.2, 0) is 16.0 Å². The number of methoxy groups -OCH3 is 1. The summed E-state index contributed by atoms with van der Waals surface area (Å²) in [4.78, 5) is 33.3. The zero-order valence-corrected chi connectivity index (χ0v) is 20.4. The first kappa shape index (κ1) is 24.4. The van der Waals surface area contributed by atoms with Crippen LogP contribution in [0.5, 0.6) is 0 Å². The maximum Gasteiger partial charge on any atom is 0.342 e. The lowest BCUT2D eigenvalue weighted by Crippen LogP contribution is -2.46. The molecule has 0 aliphatic carbocycles. The van der Waals surface area contributed by atoms with Crippen LogP contribution in [0.2, 0.25) is 0 Å². The Bertz CT molecular complexity index is 1170. The summed E-state index contributed by atoms with van der Waals surface area (Å²) < 4.78 is 10.2. The van der Waals surface area contributed by atoms with Crippen LogP contribution in [-0.4, -0.2) is 61.2 Å². The van der Waals surface area contributed by atoms with Gasteiger partial charge in [-0.3, -0.25) is 4.90 Å². The Balaban J connectivity index is 1.39. The molecule has 7 nitrogen and oxygen atoms in total. The number of aromatic nitrogens is 1. The van der Waals surface area contributed by atoms with Gasteiger partial charge in [0.2, 0.25) is 0 Å². The van der Waals surface area contributed by atoms with E-state index in [-0.39, 0.29) is 18.0 Å². The maximum absolute atomic E-state index is 12.5. The maximum atomic E-state index is 12.5. The number of esters is 2. The molecule has 182 valence electrons. The number of carbonyl (C=O) groups excluding carboxylic acids is 2. The molecule has 0 radical (unpaired) electrons. The Morgan fingerprint density at radius 3 is 2.34 bits per heavy atom. The third-order valence-electron chi connectivity index (χ3n) is 5.99. The van der Waals surface area contributed by atoms with Crippen LogP contribution in [0.15, 0.2) is 66.9 Å². The first-order valence-corrected chi connectivity index (χ1v) is 11.9. The van der Waals surface area contributed by atoms with Crippen molar-refractivity contribution in [3.8, 4) is 11.1 Å². The minimum absolute atomic E-state index is 0.172. The highest BCUT2D eigenvalue weighted by atomic mass is 16.5. The Labute approximate surface area is 206 Å². The highest BCUT2D eigenvalue weighted by molar-refractivity contribution is 5.95. The summed E-state index contributed by atoms with van der Waals surface area (Å²) in [7, 11) is 1.38. The van der Waals surface area contributed by atoms with Crippen LogP contribution < -0.4 is 4.90 Å². The monoisotopic (exact) mass is 473 g/mol. The molecule has 1 aliphatic heterocycles. The van der Waals surface area contributed by atoms with Gasteiger partial charge in [0.1, 0.15) is 11.4 Å². The molecular formula is C28H31N3O4. The molecule has 3 aromatic rings. The van der Waals surface area contributed by atoms with E-state index in [2.05, 4.69) is 39.0 Å². The van der Waals surface area contributed by atoms with Crippen molar-refractivity contribution in [2.24, 2.45) is 0 Å². The summed E-state index contributed by atoms with van der Waals surface area (Å²) in [6, 6.07) is 19.5. The number of ether oxygens (including phenoxy) is 2. The van der Waals surface area contributed by atoms with Gasteiger partial charge in [-0.2, -0.15) is 0 Å². The molecule has 0 amide bonds. The van der Waals surface area contributed by atoms with E-state index in [1.54, 1.807) is 30.5 Å². The number of anilines is 1. The standard InChI is InChI=1S/C28H31N3O4/c1-20(2)35-28(33)25-8-5-13-29-26(25)31-16-14-30(15-17-31)19-21-6-4-7-24(18-21)22-9-11-23(12-10-22)27(32)34-3/h4-13,18,20H,14-17,19H2,1-3H3. The number of piperazine rings is 1. The van der Waals surface area contributed by atoms with E-state index in [0.717, 1.165) is 43.9 Å². The van der Waals surface area contributed by atoms with Gasteiger partial charge in [-0.05, 0) is 60.9 Å². The van der Waals surface area contributed by atoms with Gasteiger partial charge in [0, 0.05) is 38.9 Å². The number of hydrogen-bond acceptors (Lipinski definition) is 7. The fourth-order valence-corrected chi connectivity index (χ4v) is 4.23. The number of benzene rings is 2. The van der Waals surface area contributed by atoms with E-state index in [4.69, 9.17) is 9.47 Å². The lowest BCUT2D eigenvalue weighted by Gasteiger charge is -2.36. The summed E-state index contributed by atoms with van der Waals surface area (Å²) in [5.74, 6) is 0.0243. The van der Waals surface area contributed by atoms with Crippen molar-refractivity contribution in [1.82, 2.24) is 9.88 Å². The topological polar surface area (TPSA) is 72.0 Å². The second kappa shape index (κ2) is 11.1. The predicted octanol–water partition coefficient (Wildman–Crippen LogP) is 4.42. The number of rotatable bonds is 7. The average Bonchev–Trinajstić information content (AvgIpc) is 2.88. The van der Waals surface area contributed by atoms with Gasteiger partial charge in [-0.25, -0.2) is 14.6 Å². The second-order valence-corrected chi connectivity index (χ2v) is 8.86. The van der Waals surface area contributed by atoms with Gasteiger partial charge < -0.3 is 14.4 Å². The van der Waals surface area contributed by atoms with Crippen molar-refractivity contribution < 1.29 is 19.1 Å². The molecule has 2 heterocycles. The van der Waals surface area contributed by atoms with Crippen molar-refractivity contribution >= 4 is 17.8 Å². The Morgan fingerprint density at radius 2 is 1.66 bits per heavy atom. The summed E-state index contributed by atoms with van der Waals surface area (Å²) >= 11 is 0. The van der Waals surface area contributed by atoms with Crippen molar-refractivity contribution in [2.45, 2.75) is 26.5 Å². The lowest BCUT2D eigenvalue weighted by molar-refractivity contribution is 0.0377. The smallest absolute Gasteiger partial charge is 0.342 e. The quantitative estimate of drug-likeness (QED) is 0.470. The predicted molar refractivity (Wildman–Crippen MR) is 135 cm³/mol. The summed E-state index contributed by atoms with van der Waals surface area (Å²) in [5, 5.41) is 0. The normalized spacial score (nSPS) is 14.1. The van der Waals surface area contributed by atoms with Crippen LogP contribution in [0.25, 0.3) is 11.1 Å². The molecule has 4 rings (SSSR count). The third kappa shape index (κ3) is 6.05.